The maximum Gasteiger partial charge on any atom is 0.416 e. The van der Waals surface area contributed by atoms with Gasteiger partial charge in [-0.25, -0.2) is 0 Å². The molecule has 28 heavy (non-hydrogen) atoms. The molecule has 2 aliphatic rings. The quantitative estimate of drug-likeness (QED) is 0.769. The minimum Gasteiger partial charge on any atom is -0.366 e. The van der Waals surface area contributed by atoms with E-state index in [4.69, 9.17) is 4.74 Å². The van der Waals surface area contributed by atoms with Crippen LogP contribution in [0.3, 0.4) is 0 Å². The third kappa shape index (κ3) is 4.60. The highest BCUT2D eigenvalue weighted by Gasteiger charge is 2.42. The van der Waals surface area contributed by atoms with Crippen LogP contribution in [0, 0.1) is 0 Å². The van der Waals surface area contributed by atoms with Crippen LogP contribution in [-0.2, 0) is 21.9 Å². The highest BCUT2D eigenvalue weighted by Crippen LogP contribution is 2.40. The van der Waals surface area contributed by atoms with E-state index in [1.54, 1.807) is 0 Å². The molecule has 0 unspecified atom stereocenters. The summed E-state index contributed by atoms with van der Waals surface area (Å²) in [7, 11) is 0. The number of ether oxygens (including phenoxy) is 1. The summed E-state index contributed by atoms with van der Waals surface area (Å²) in [6, 6.07) is 0.296. The van der Waals surface area contributed by atoms with Crippen molar-refractivity contribution in [3.63, 3.8) is 0 Å². The molecule has 0 aromatic heterocycles. The molecule has 1 saturated heterocycles. The fourth-order valence-corrected chi connectivity index (χ4v) is 3.31. The number of amides is 1. The molecule has 1 saturated carbocycles. The fourth-order valence-electron chi connectivity index (χ4n) is 3.31. The van der Waals surface area contributed by atoms with Gasteiger partial charge in [-0.1, -0.05) is 0 Å². The minimum absolute atomic E-state index is 0.0909. The van der Waals surface area contributed by atoms with Crippen molar-refractivity contribution in [2.75, 3.05) is 19.7 Å². The Labute approximate surface area is 157 Å². The summed E-state index contributed by atoms with van der Waals surface area (Å²) in [5.41, 5.74) is -2.97. The maximum atomic E-state index is 13.1. The van der Waals surface area contributed by atoms with Gasteiger partial charge in [-0.15, -0.1) is 0 Å². The Morgan fingerprint density at radius 1 is 1.11 bits per heavy atom. The first-order valence-electron chi connectivity index (χ1n) is 8.92. The van der Waals surface area contributed by atoms with Gasteiger partial charge >= 0.3 is 12.4 Å². The van der Waals surface area contributed by atoms with Gasteiger partial charge in [0.25, 0.3) is 5.91 Å². The Balaban J connectivity index is 1.96. The zero-order chi connectivity index (χ0) is 20.7. The molecule has 1 amide bonds. The van der Waals surface area contributed by atoms with E-state index in [-0.39, 0.29) is 24.2 Å². The van der Waals surface area contributed by atoms with Gasteiger partial charge in [0.15, 0.2) is 0 Å². The van der Waals surface area contributed by atoms with Crippen molar-refractivity contribution in [2.24, 2.45) is 0 Å². The molecule has 2 atom stereocenters. The molecule has 3 rings (SSSR count). The van der Waals surface area contributed by atoms with E-state index in [9.17, 15) is 31.1 Å². The largest absolute Gasteiger partial charge is 0.416 e. The standard InChI is InChI=1S/C18H20F6N2O2/c1-10(26(14-2-3-14)16(27)15-9-25-4-5-28-15)11-6-12(17(19,20)21)8-13(7-11)18(22,23)24/h6-8,10,14-15,25H,2-5,9H2,1H3/t10-,15-/m1/s1. The lowest BCUT2D eigenvalue weighted by Crippen LogP contribution is -2.50. The second-order valence-electron chi connectivity index (χ2n) is 7.06. The molecular formula is C18H20F6N2O2. The maximum absolute atomic E-state index is 13.1. The Bertz CT molecular complexity index is 692. The van der Waals surface area contributed by atoms with Crippen LogP contribution in [0.15, 0.2) is 18.2 Å². The van der Waals surface area contributed by atoms with Crippen molar-refractivity contribution in [1.29, 1.82) is 0 Å². The summed E-state index contributed by atoms with van der Waals surface area (Å²) in [5.74, 6) is -0.423. The van der Waals surface area contributed by atoms with E-state index in [1.165, 1.54) is 11.8 Å². The molecule has 156 valence electrons. The number of morpholine rings is 1. The molecule has 1 N–H and O–H groups in total. The first-order valence-corrected chi connectivity index (χ1v) is 8.92. The number of alkyl halides is 6. The number of halogens is 6. The molecule has 0 bridgehead atoms. The predicted octanol–water partition coefficient (Wildman–Crippen LogP) is 3.76. The van der Waals surface area contributed by atoms with Gasteiger partial charge in [-0.2, -0.15) is 26.3 Å². The van der Waals surface area contributed by atoms with Gasteiger partial charge in [0.05, 0.1) is 23.8 Å². The van der Waals surface area contributed by atoms with Crippen LogP contribution < -0.4 is 5.32 Å². The number of nitrogens with one attached hydrogen (secondary N) is 1. The van der Waals surface area contributed by atoms with E-state index >= 15 is 0 Å². The molecule has 1 aliphatic heterocycles. The lowest BCUT2D eigenvalue weighted by atomic mass is 9.98. The van der Waals surface area contributed by atoms with Gasteiger partial charge < -0.3 is 15.0 Å². The SMILES string of the molecule is C[C@H](c1cc(C(F)(F)F)cc(C(F)(F)F)c1)N(C(=O)[C@H]1CNCCO1)C1CC1. The molecule has 2 fully saturated rings. The third-order valence-corrected chi connectivity index (χ3v) is 4.91. The lowest BCUT2D eigenvalue weighted by Gasteiger charge is -2.34. The van der Waals surface area contributed by atoms with Gasteiger partial charge in [0.2, 0.25) is 0 Å². The summed E-state index contributed by atoms with van der Waals surface area (Å²) < 4.78 is 84.3. The highest BCUT2D eigenvalue weighted by molar-refractivity contribution is 5.82. The number of nitrogens with zero attached hydrogens (tertiary/aromatic N) is 1. The van der Waals surface area contributed by atoms with Crippen molar-refractivity contribution in [3.05, 3.63) is 34.9 Å². The second kappa shape index (κ2) is 7.55. The molecule has 1 aliphatic carbocycles. The zero-order valence-electron chi connectivity index (χ0n) is 15.0. The molecule has 10 heteroatoms. The molecule has 1 aromatic carbocycles. The Hall–Kier alpha value is -1.81. The van der Waals surface area contributed by atoms with E-state index in [0.29, 0.717) is 38.1 Å². The van der Waals surface area contributed by atoms with Crippen molar-refractivity contribution in [2.45, 2.75) is 50.3 Å². The highest BCUT2D eigenvalue weighted by atomic mass is 19.4. The van der Waals surface area contributed by atoms with Crippen molar-refractivity contribution in [3.8, 4) is 0 Å². The fraction of sp³-hybridized carbons (Fsp3) is 0.611. The Morgan fingerprint density at radius 2 is 1.68 bits per heavy atom. The van der Waals surface area contributed by atoms with Gasteiger partial charge in [0.1, 0.15) is 6.10 Å². The lowest BCUT2D eigenvalue weighted by molar-refractivity contribution is -0.148. The summed E-state index contributed by atoms with van der Waals surface area (Å²) >= 11 is 0. The van der Waals surface area contributed by atoms with Gasteiger partial charge in [-0.3, -0.25) is 4.79 Å². The molecule has 0 radical (unpaired) electrons. The van der Waals surface area contributed by atoms with E-state index < -0.39 is 41.5 Å². The number of carbonyl (C=O) groups excluding carboxylic acids is 1. The number of rotatable bonds is 4. The molecular weight excluding hydrogens is 390 g/mol. The first kappa shape index (κ1) is 20.9. The zero-order valence-corrected chi connectivity index (χ0v) is 15.0. The number of benzene rings is 1. The van der Waals surface area contributed by atoms with Crippen LogP contribution in [-0.4, -0.2) is 42.6 Å². The van der Waals surface area contributed by atoms with Crippen LogP contribution in [0.5, 0.6) is 0 Å². The van der Waals surface area contributed by atoms with Crippen molar-refractivity contribution < 1.29 is 35.9 Å². The van der Waals surface area contributed by atoms with Crippen LogP contribution >= 0.6 is 0 Å². The number of hydrogen-bond donors (Lipinski definition) is 1. The van der Waals surface area contributed by atoms with E-state index in [0.717, 1.165) is 0 Å². The Morgan fingerprint density at radius 3 is 2.11 bits per heavy atom. The van der Waals surface area contributed by atoms with E-state index in [2.05, 4.69) is 5.32 Å². The second-order valence-corrected chi connectivity index (χ2v) is 7.06. The molecule has 4 nitrogen and oxygen atoms in total. The summed E-state index contributed by atoms with van der Waals surface area (Å²) in [6.07, 6.45) is -9.35. The predicted molar refractivity (Wildman–Crippen MR) is 87.3 cm³/mol. The minimum atomic E-state index is -4.93. The molecule has 1 aromatic rings. The topological polar surface area (TPSA) is 41.6 Å². The van der Waals surface area contributed by atoms with E-state index in [1.807, 2.05) is 0 Å². The third-order valence-electron chi connectivity index (χ3n) is 4.91. The molecule has 1 heterocycles. The van der Waals surface area contributed by atoms with Crippen LogP contribution in [0.25, 0.3) is 0 Å². The van der Waals surface area contributed by atoms with Crippen LogP contribution in [0.2, 0.25) is 0 Å². The average molecular weight is 410 g/mol. The number of hydrogen-bond acceptors (Lipinski definition) is 3. The number of carbonyl (C=O) groups is 1. The smallest absolute Gasteiger partial charge is 0.366 e. The van der Waals surface area contributed by atoms with Crippen molar-refractivity contribution >= 4 is 5.91 Å². The van der Waals surface area contributed by atoms with Crippen LogP contribution in [0.4, 0.5) is 26.3 Å². The summed E-state index contributed by atoms with van der Waals surface area (Å²) in [4.78, 5) is 14.2. The normalized spacial score (nSPS) is 22.0. The Kier molecular flexibility index (Phi) is 5.64. The monoisotopic (exact) mass is 410 g/mol. The average Bonchev–Trinajstić information content (AvgIpc) is 3.45. The summed E-state index contributed by atoms with van der Waals surface area (Å²) in [5, 5.41) is 3.00. The molecule has 0 spiro atoms. The van der Waals surface area contributed by atoms with Gasteiger partial charge in [-0.05, 0) is 43.5 Å². The first-order chi connectivity index (χ1) is 13.0. The summed E-state index contributed by atoms with van der Waals surface area (Å²) in [6.45, 7) is 2.59. The van der Waals surface area contributed by atoms with Crippen LogP contribution in [0.1, 0.15) is 42.5 Å². The van der Waals surface area contributed by atoms with Gasteiger partial charge in [0, 0.05) is 19.1 Å². The van der Waals surface area contributed by atoms with Crippen molar-refractivity contribution in [1.82, 2.24) is 10.2 Å².